The van der Waals surface area contributed by atoms with Gasteiger partial charge in [0.2, 0.25) is 11.8 Å². The fourth-order valence-corrected chi connectivity index (χ4v) is 4.15. The predicted octanol–water partition coefficient (Wildman–Crippen LogP) is 4.02. The van der Waals surface area contributed by atoms with Crippen LogP contribution in [0.2, 0.25) is 0 Å². The van der Waals surface area contributed by atoms with Crippen LogP contribution in [-0.4, -0.2) is 42.4 Å². The molecule has 0 aliphatic carbocycles. The summed E-state index contributed by atoms with van der Waals surface area (Å²) in [5, 5.41) is 3.10. The van der Waals surface area contributed by atoms with Crippen LogP contribution in [-0.2, 0) is 22.6 Å². The summed E-state index contributed by atoms with van der Waals surface area (Å²) in [5.74, 6) is -0.0585. The molecule has 0 saturated heterocycles. The third kappa shape index (κ3) is 5.66. The molecule has 0 unspecified atom stereocenters. The van der Waals surface area contributed by atoms with Crippen molar-refractivity contribution in [2.75, 3.05) is 24.5 Å². The lowest BCUT2D eigenvalue weighted by molar-refractivity contribution is -0.144. The van der Waals surface area contributed by atoms with E-state index in [2.05, 4.69) is 41.4 Å². The van der Waals surface area contributed by atoms with Gasteiger partial charge in [0.25, 0.3) is 0 Å². The molecule has 0 fully saturated rings. The van der Waals surface area contributed by atoms with Crippen LogP contribution in [0.15, 0.2) is 54.6 Å². The number of carbonyl (C=O) groups is 2. The van der Waals surface area contributed by atoms with Crippen molar-refractivity contribution in [2.24, 2.45) is 5.92 Å². The molecule has 1 aliphatic rings. The molecular weight excluding hydrogens is 386 g/mol. The number of hydrogen-bond acceptors (Lipinski definition) is 3. The molecule has 2 aromatic carbocycles. The predicted molar refractivity (Wildman–Crippen MR) is 126 cm³/mol. The van der Waals surface area contributed by atoms with Gasteiger partial charge >= 0.3 is 0 Å². The van der Waals surface area contributed by atoms with Crippen molar-refractivity contribution in [3.05, 3.63) is 65.7 Å². The van der Waals surface area contributed by atoms with Crippen LogP contribution < -0.4 is 10.2 Å². The summed E-state index contributed by atoms with van der Waals surface area (Å²) in [6, 6.07) is 18.0. The summed E-state index contributed by atoms with van der Waals surface area (Å²) < 4.78 is 0. The van der Waals surface area contributed by atoms with Crippen molar-refractivity contribution >= 4 is 17.5 Å². The smallest absolute Gasteiger partial charge is 0.243 e. The van der Waals surface area contributed by atoms with Crippen molar-refractivity contribution in [3.8, 4) is 0 Å². The topological polar surface area (TPSA) is 52.7 Å². The second-order valence-corrected chi connectivity index (χ2v) is 8.32. The van der Waals surface area contributed by atoms with Gasteiger partial charge in [-0.15, -0.1) is 0 Å². The average molecular weight is 422 g/mol. The van der Waals surface area contributed by atoms with Gasteiger partial charge in [-0.2, -0.15) is 0 Å². The van der Waals surface area contributed by atoms with Crippen LogP contribution in [0.5, 0.6) is 0 Å². The molecule has 3 rings (SSSR count). The summed E-state index contributed by atoms with van der Waals surface area (Å²) in [6.07, 6.45) is 2.21. The van der Waals surface area contributed by atoms with E-state index in [1.165, 1.54) is 5.69 Å². The van der Waals surface area contributed by atoms with Crippen LogP contribution in [0.3, 0.4) is 0 Å². The van der Waals surface area contributed by atoms with Gasteiger partial charge in [0.1, 0.15) is 6.04 Å². The standard InChI is InChI=1S/C26H35N3O2/c1-4-20(3)26(31)29-19-22-13-10-9-12-21(22)18-24(29)25(30)27-16-11-17-28(5-2)23-14-7-6-8-15-23/h6-10,12-15,20,24H,4-5,11,16-19H2,1-3H3,(H,27,30)/t20-,24-/m0/s1. The first-order chi connectivity index (χ1) is 15.0. The van der Waals surface area contributed by atoms with Gasteiger partial charge in [-0.25, -0.2) is 0 Å². The van der Waals surface area contributed by atoms with E-state index in [-0.39, 0.29) is 17.7 Å². The molecule has 1 aliphatic heterocycles. The first-order valence-electron chi connectivity index (χ1n) is 11.5. The van der Waals surface area contributed by atoms with E-state index >= 15 is 0 Å². The molecule has 0 spiro atoms. The molecule has 31 heavy (non-hydrogen) atoms. The molecule has 0 bridgehead atoms. The maximum atomic E-state index is 13.1. The van der Waals surface area contributed by atoms with E-state index in [9.17, 15) is 9.59 Å². The highest BCUT2D eigenvalue weighted by molar-refractivity contribution is 5.89. The molecule has 2 aromatic rings. The van der Waals surface area contributed by atoms with Gasteiger partial charge in [-0.3, -0.25) is 9.59 Å². The highest BCUT2D eigenvalue weighted by atomic mass is 16.2. The molecule has 166 valence electrons. The van der Waals surface area contributed by atoms with Crippen LogP contribution in [0, 0.1) is 5.92 Å². The Hall–Kier alpha value is -2.82. The molecule has 0 saturated carbocycles. The Labute approximate surface area is 186 Å². The number of nitrogens with one attached hydrogen (secondary N) is 1. The monoisotopic (exact) mass is 421 g/mol. The first kappa shape index (κ1) is 22.9. The van der Waals surface area contributed by atoms with E-state index in [0.29, 0.717) is 19.5 Å². The molecular formula is C26H35N3O2. The highest BCUT2D eigenvalue weighted by Gasteiger charge is 2.35. The van der Waals surface area contributed by atoms with Crippen LogP contribution in [0.25, 0.3) is 0 Å². The van der Waals surface area contributed by atoms with Gasteiger partial charge in [0, 0.05) is 44.2 Å². The van der Waals surface area contributed by atoms with Gasteiger partial charge < -0.3 is 15.1 Å². The summed E-state index contributed by atoms with van der Waals surface area (Å²) in [4.78, 5) is 30.2. The summed E-state index contributed by atoms with van der Waals surface area (Å²) in [5.41, 5.74) is 3.51. The lowest BCUT2D eigenvalue weighted by Crippen LogP contribution is -2.54. The molecule has 0 radical (unpaired) electrons. The minimum absolute atomic E-state index is 0.0473. The van der Waals surface area contributed by atoms with Crippen LogP contribution >= 0.6 is 0 Å². The number of carbonyl (C=O) groups excluding carboxylic acids is 2. The van der Waals surface area contributed by atoms with Crippen molar-refractivity contribution in [1.29, 1.82) is 0 Å². The van der Waals surface area contributed by atoms with Crippen molar-refractivity contribution in [2.45, 2.75) is 52.6 Å². The van der Waals surface area contributed by atoms with Crippen LogP contribution in [0.1, 0.15) is 44.7 Å². The largest absolute Gasteiger partial charge is 0.372 e. The fraction of sp³-hybridized carbons (Fsp3) is 0.462. The zero-order valence-corrected chi connectivity index (χ0v) is 19.0. The van der Waals surface area contributed by atoms with E-state index in [4.69, 9.17) is 0 Å². The Morgan fingerprint density at radius 2 is 1.74 bits per heavy atom. The Morgan fingerprint density at radius 1 is 1.06 bits per heavy atom. The number of para-hydroxylation sites is 1. The third-order valence-corrected chi connectivity index (χ3v) is 6.28. The maximum absolute atomic E-state index is 13.1. The number of benzene rings is 2. The molecule has 5 nitrogen and oxygen atoms in total. The summed E-state index contributed by atoms with van der Waals surface area (Å²) in [6.45, 7) is 9.02. The highest BCUT2D eigenvalue weighted by Crippen LogP contribution is 2.25. The normalized spacial score (nSPS) is 16.4. The SMILES string of the molecule is CC[C@H](C)C(=O)N1Cc2ccccc2C[C@H]1C(=O)NCCCN(CC)c1ccccc1. The number of hydrogen-bond donors (Lipinski definition) is 1. The third-order valence-electron chi connectivity index (χ3n) is 6.28. The van der Waals surface area contributed by atoms with Gasteiger partial charge in [0.05, 0.1) is 0 Å². The van der Waals surface area contributed by atoms with Gasteiger partial charge in [-0.1, -0.05) is 56.3 Å². The first-order valence-corrected chi connectivity index (χ1v) is 11.5. The summed E-state index contributed by atoms with van der Waals surface area (Å²) >= 11 is 0. The number of rotatable bonds is 9. The molecule has 1 heterocycles. The van der Waals surface area contributed by atoms with E-state index < -0.39 is 6.04 Å². The molecule has 2 atom stereocenters. The number of amides is 2. The zero-order valence-electron chi connectivity index (χ0n) is 19.0. The second kappa shape index (κ2) is 11.0. The van der Waals surface area contributed by atoms with Gasteiger partial charge in [0.15, 0.2) is 0 Å². The quantitative estimate of drug-likeness (QED) is 0.622. The van der Waals surface area contributed by atoms with Crippen molar-refractivity contribution in [1.82, 2.24) is 10.2 Å². The summed E-state index contributed by atoms with van der Waals surface area (Å²) in [7, 11) is 0. The Balaban J connectivity index is 1.61. The minimum atomic E-state index is -0.437. The second-order valence-electron chi connectivity index (χ2n) is 8.32. The lowest BCUT2D eigenvalue weighted by Gasteiger charge is -2.37. The Kier molecular flexibility index (Phi) is 8.10. The van der Waals surface area contributed by atoms with Gasteiger partial charge in [-0.05, 0) is 43.0 Å². The van der Waals surface area contributed by atoms with E-state index in [1.807, 2.05) is 44.2 Å². The molecule has 2 amide bonds. The molecule has 1 N–H and O–H groups in total. The minimum Gasteiger partial charge on any atom is -0.372 e. The Bertz CT molecular complexity index is 868. The Morgan fingerprint density at radius 3 is 2.42 bits per heavy atom. The fourth-order valence-electron chi connectivity index (χ4n) is 4.15. The molecule has 5 heteroatoms. The van der Waals surface area contributed by atoms with Crippen LogP contribution in [0.4, 0.5) is 5.69 Å². The number of anilines is 1. The van der Waals surface area contributed by atoms with Crippen molar-refractivity contribution in [3.63, 3.8) is 0 Å². The zero-order chi connectivity index (χ0) is 22.2. The number of nitrogens with zero attached hydrogens (tertiary/aromatic N) is 2. The van der Waals surface area contributed by atoms with E-state index in [1.54, 1.807) is 4.90 Å². The molecule has 0 aromatic heterocycles. The van der Waals surface area contributed by atoms with E-state index in [0.717, 1.165) is 37.1 Å². The van der Waals surface area contributed by atoms with Crippen molar-refractivity contribution < 1.29 is 9.59 Å². The lowest BCUT2D eigenvalue weighted by atomic mass is 9.92. The maximum Gasteiger partial charge on any atom is 0.243 e. The number of fused-ring (bicyclic) bond motifs is 1. The average Bonchev–Trinajstić information content (AvgIpc) is 2.82.